The van der Waals surface area contributed by atoms with E-state index in [1.54, 1.807) is 0 Å². The van der Waals surface area contributed by atoms with Crippen molar-refractivity contribution in [3.05, 3.63) is 12.1 Å². The number of sulfonamides is 1. The van der Waals surface area contributed by atoms with Gasteiger partial charge in [0.25, 0.3) is 0 Å². The highest BCUT2D eigenvalue weighted by atomic mass is 32.2. The second-order valence-electron chi connectivity index (χ2n) is 4.47. The molecule has 2 rings (SSSR count). The number of nitrogens with zero attached hydrogens (tertiary/aromatic N) is 4. The fourth-order valence-corrected chi connectivity index (χ4v) is 2.33. The van der Waals surface area contributed by atoms with Gasteiger partial charge in [0.05, 0.1) is 19.1 Å². The van der Waals surface area contributed by atoms with Crippen molar-refractivity contribution in [3.8, 4) is 17.3 Å². The molecule has 2 aromatic heterocycles. The van der Waals surface area contributed by atoms with Gasteiger partial charge in [-0.25, -0.2) is 22.9 Å². The minimum absolute atomic E-state index is 0.0138. The summed E-state index contributed by atoms with van der Waals surface area (Å²) >= 11 is 0. The maximum absolute atomic E-state index is 11.3. The number of pyridine rings is 1. The number of aryl methyl sites for hydroxylation is 1. The lowest BCUT2D eigenvalue weighted by atomic mass is 10.2. The third kappa shape index (κ3) is 3.85. The third-order valence-electron chi connectivity index (χ3n) is 2.64. The number of hydrogen-bond donors (Lipinski definition) is 3. The van der Waals surface area contributed by atoms with Crippen molar-refractivity contribution < 1.29 is 23.1 Å². The lowest BCUT2D eigenvalue weighted by molar-refractivity contribution is 0.209. The van der Waals surface area contributed by atoms with Crippen LogP contribution in [-0.4, -0.2) is 53.0 Å². The molecular weight excluding hydrogens is 328 g/mol. The Morgan fingerprint density at radius 1 is 1.39 bits per heavy atom. The van der Waals surface area contributed by atoms with E-state index in [2.05, 4.69) is 25.3 Å². The van der Waals surface area contributed by atoms with Gasteiger partial charge in [0.1, 0.15) is 5.69 Å². The predicted octanol–water partition coefficient (Wildman–Crippen LogP) is 0.347. The largest absolute Gasteiger partial charge is 0.479 e. The van der Waals surface area contributed by atoms with Crippen molar-refractivity contribution in [1.82, 2.24) is 20.0 Å². The van der Waals surface area contributed by atoms with E-state index in [-0.39, 0.29) is 28.8 Å². The summed E-state index contributed by atoms with van der Waals surface area (Å²) < 4.78 is 31.2. The zero-order chi connectivity index (χ0) is 17.2. The van der Waals surface area contributed by atoms with E-state index in [1.165, 1.54) is 31.0 Å². The number of methoxy groups -OCH3 is 1. The highest BCUT2D eigenvalue weighted by molar-refractivity contribution is 7.92. The third-order valence-corrected chi connectivity index (χ3v) is 3.23. The smallest absolute Gasteiger partial charge is 0.410 e. The van der Waals surface area contributed by atoms with E-state index in [0.29, 0.717) is 0 Å². The average molecular weight is 342 g/mol. The summed E-state index contributed by atoms with van der Waals surface area (Å²) in [6.07, 6.45) is -0.281. The summed E-state index contributed by atoms with van der Waals surface area (Å²) in [5.41, 5.74) is 0.590. The van der Waals surface area contributed by atoms with Gasteiger partial charge in [-0.15, -0.1) is 5.10 Å². The summed E-state index contributed by atoms with van der Waals surface area (Å²) in [5, 5.41) is 18.6. The van der Waals surface area contributed by atoms with Crippen LogP contribution in [0.1, 0.15) is 0 Å². The Morgan fingerprint density at radius 3 is 2.65 bits per heavy atom. The van der Waals surface area contributed by atoms with Gasteiger partial charge in [0.2, 0.25) is 15.9 Å². The molecule has 0 aliphatic rings. The molecule has 0 aromatic carbocycles. The molecule has 0 saturated heterocycles. The Labute approximate surface area is 131 Å². The molecule has 0 unspecified atom stereocenters. The van der Waals surface area contributed by atoms with Crippen LogP contribution in [0.5, 0.6) is 5.88 Å². The fraction of sp³-hybridized carbons (Fsp3) is 0.273. The first-order chi connectivity index (χ1) is 10.7. The highest BCUT2D eigenvalue weighted by Crippen LogP contribution is 2.29. The summed E-state index contributed by atoms with van der Waals surface area (Å²) in [6, 6.07) is 2.90. The lowest BCUT2D eigenvalue weighted by Gasteiger charge is -2.10. The standard InChI is InChI=1S/C11H14N6O5S/c1-17-9(13-11(18)19)8(14-16-17)6-4-5-7(10(12-6)22-2)15-23(3,20)21/h4-5,13,15H,1-3H3,(H,18,19). The molecule has 0 spiro atoms. The number of carbonyl (C=O) groups is 1. The van der Waals surface area contributed by atoms with E-state index in [1.807, 2.05) is 0 Å². The molecule has 1 amide bonds. The van der Waals surface area contributed by atoms with E-state index in [9.17, 15) is 13.2 Å². The number of hydrogen-bond acceptors (Lipinski definition) is 7. The van der Waals surface area contributed by atoms with Gasteiger partial charge in [0, 0.05) is 7.05 Å². The number of anilines is 2. The Bertz CT molecular complexity index is 847. The Morgan fingerprint density at radius 2 is 2.09 bits per heavy atom. The molecule has 11 nitrogen and oxygen atoms in total. The summed E-state index contributed by atoms with van der Waals surface area (Å²) in [4.78, 5) is 15.0. The van der Waals surface area contributed by atoms with E-state index < -0.39 is 16.1 Å². The monoisotopic (exact) mass is 342 g/mol. The zero-order valence-corrected chi connectivity index (χ0v) is 13.2. The number of rotatable bonds is 5. The molecule has 0 atom stereocenters. The molecule has 0 radical (unpaired) electrons. The van der Waals surface area contributed by atoms with Crippen LogP contribution in [0.3, 0.4) is 0 Å². The predicted molar refractivity (Wildman–Crippen MR) is 80.9 cm³/mol. The van der Waals surface area contributed by atoms with Gasteiger partial charge in [-0.1, -0.05) is 5.21 Å². The maximum Gasteiger partial charge on any atom is 0.410 e. The molecule has 0 saturated carbocycles. The number of amides is 1. The van der Waals surface area contributed by atoms with E-state index >= 15 is 0 Å². The first kappa shape index (κ1) is 16.5. The van der Waals surface area contributed by atoms with E-state index in [0.717, 1.165) is 6.26 Å². The molecule has 0 aliphatic heterocycles. The van der Waals surface area contributed by atoms with Crippen LogP contribution in [0.2, 0.25) is 0 Å². The fourth-order valence-electron chi connectivity index (χ4n) is 1.78. The summed E-state index contributed by atoms with van der Waals surface area (Å²) in [7, 11) is -0.661. The second kappa shape index (κ2) is 6.08. The van der Waals surface area contributed by atoms with Gasteiger partial charge < -0.3 is 9.84 Å². The van der Waals surface area contributed by atoms with Gasteiger partial charge in [-0.05, 0) is 12.1 Å². The number of ether oxygens (including phenoxy) is 1. The highest BCUT2D eigenvalue weighted by Gasteiger charge is 2.18. The van der Waals surface area contributed by atoms with E-state index in [4.69, 9.17) is 9.84 Å². The topological polar surface area (TPSA) is 148 Å². The number of nitrogens with one attached hydrogen (secondary N) is 2. The van der Waals surface area contributed by atoms with Gasteiger partial charge in [-0.2, -0.15) is 0 Å². The molecule has 0 aliphatic carbocycles. The van der Waals surface area contributed by atoms with Gasteiger partial charge in [-0.3, -0.25) is 10.0 Å². The molecule has 2 aromatic rings. The quantitative estimate of drug-likeness (QED) is 0.704. The maximum atomic E-state index is 11.3. The molecule has 124 valence electrons. The molecule has 3 N–H and O–H groups in total. The summed E-state index contributed by atoms with van der Waals surface area (Å²) in [5.74, 6) is 0.135. The van der Waals surface area contributed by atoms with Gasteiger partial charge in [0.15, 0.2) is 11.5 Å². The first-order valence-electron chi connectivity index (χ1n) is 6.14. The van der Waals surface area contributed by atoms with Crippen molar-refractivity contribution >= 4 is 27.6 Å². The number of aromatic nitrogens is 4. The second-order valence-corrected chi connectivity index (χ2v) is 6.22. The molecule has 2 heterocycles. The van der Waals surface area contributed by atoms with Crippen molar-refractivity contribution in [1.29, 1.82) is 0 Å². The Hall–Kier alpha value is -2.89. The lowest BCUT2D eigenvalue weighted by Crippen LogP contribution is -2.12. The minimum Gasteiger partial charge on any atom is -0.479 e. The zero-order valence-electron chi connectivity index (χ0n) is 12.4. The number of carboxylic acid groups (broad SMARTS) is 1. The normalized spacial score (nSPS) is 11.1. The first-order valence-corrected chi connectivity index (χ1v) is 8.03. The van der Waals surface area contributed by atoms with Crippen LogP contribution >= 0.6 is 0 Å². The van der Waals surface area contributed by atoms with Crippen LogP contribution in [0, 0.1) is 0 Å². The van der Waals surface area contributed by atoms with Crippen LogP contribution in [0.15, 0.2) is 12.1 Å². The van der Waals surface area contributed by atoms with Crippen molar-refractivity contribution in [2.45, 2.75) is 0 Å². The minimum atomic E-state index is -3.50. The van der Waals surface area contributed by atoms with Crippen LogP contribution in [-0.2, 0) is 17.1 Å². The Kier molecular flexibility index (Phi) is 4.36. The molecule has 0 bridgehead atoms. The van der Waals surface area contributed by atoms with Crippen molar-refractivity contribution in [2.24, 2.45) is 7.05 Å². The molecule has 12 heteroatoms. The van der Waals surface area contributed by atoms with Gasteiger partial charge >= 0.3 is 6.09 Å². The molecule has 0 fully saturated rings. The Balaban J connectivity index is 2.48. The van der Waals surface area contributed by atoms with Crippen LogP contribution in [0.25, 0.3) is 11.4 Å². The average Bonchev–Trinajstić information content (AvgIpc) is 2.78. The summed E-state index contributed by atoms with van der Waals surface area (Å²) in [6.45, 7) is 0. The molecular formula is C11H14N6O5S. The van der Waals surface area contributed by atoms with Crippen LogP contribution < -0.4 is 14.8 Å². The van der Waals surface area contributed by atoms with Crippen molar-refractivity contribution in [3.63, 3.8) is 0 Å². The van der Waals surface area contributed by atoms with Crippen molar-refractivity contribution in [2.75, 3.05) is 23.4 Å². The van der Waals surface area contributed by atoms with Crippen LogP contribution in [0.4, 0.5) is 16.3 Å². The SMILES string of the molecule is COc1nc(-c2nnn(C)c2NC(=O)O)ccc1NS(C)(=O)=O. The molecule has 23 heavy (non-hydrogen) atoms.